The standard InChI is InChI=1S/C15H23N7S/c1-10(2)7-20(8-11(3)4)13-6-12-18-19-15(23-5)21(12)14-16-9-17-22(13)14/h6,9-11H,7-8H2,1-5H3. The van der Waals surface area contributed by atoms with Crippen molar-refractivity contribution >= 4 is 29.0 Å². The van der Waals surface area contributed by atoms with Crippen LogP contribution in [0.15, 0.2) is 17.6 Å². The maximum Gasteiger partial charge on any atom is 0.242 e. The summed E-state index contributed by atoms with van der Waals surface area (Å²) < 4.78 is 3.84. The highest BCUT2D eigenvalue weighted by Gasteiger charge is 2.19. The van der Waals surface area contributed by atoms with E-state index in [2.05, 4.69) is 58.9 Å². The van der Waals surface area contributed by atoms with Gasteiger partial charge in [0.25, 0.3) is 0 Å². The summed E-state index contributed by atoms with van der Waals surface area (Å²) in [5.74, 6) is 2.89. The third kappa shape index (κ3) is 2.99. The van der Waals surface area contributed by atoms with Gasteiger partial charge in [-0.1, -0.05) is 39.5 Å². The lowest BCUT2D eigenvalue weighted by Gasteiger charge is -2.28. The van der Waals surface area contributed by atoms with Crippen LogP contribution in [0.4, 0.5) is 5.82 Å². The summed E-state index contributed by atoms with van der Waals surface area (Å²) in [5, 5.41) is 13.8. The van der Waals surface area contributed by atoms with Crippen LogP contribution in [0.1, 0.15) is 27.7 Å². The topological polar surface area (TPSA) is 63.6 Å². The second-order valence-corrected chi connectivity index (χ2v) is 7.32. The van der Waals surface area contributed by atoms with Gasteiger partial charge in [0.2, 0.25) is 5.78 Å². The van der Waals surface area contributed by atoms with Crippen molar-refractivity contribution in [1.82, 2.24) is 29.2 Å². The molecule has 0 atom stereocenters. The number of rotatable bonds is 6. The van der Waals surface area contributed by atoms with Crippen LogP contribution >= 0.6 is 11.8 Å². The fourth-order valence-corrected chi connectivity index (χ4v) is 3.27. The average molecular weight is 333 g/mol. The van der Waals surface area contributed by atoms with Gasteiger partial charge < -0.3 is 4.90 Å². The van der Waals surface area contributed by atoms with Gasteiger partial charge in [0.05, 0.1) is 0 Å². The van der Waals surface area contributed by atoms with Crippen LogP contribution in [0.2, 0.25) is 0 Å². The van der Waals surface area contributed by atoms with Crippen LogP contribution in [-0.2, 0) is 0 Å². The summed E-state index contributed by atoms with van der Waals surface area (Å²) >= 11 is 1.55. The minimum Gasteiger partial charge on any atom is -0.356 e. The highest BCUT2D eigenvalue weighted by atomic mass is 32.2. The molecule has 0 radical (unpaired) electrons. The summed E-state index contributed by atoms with van der Waals surface area (Å²) in [6, 6.07) is 2.05. The Hall–Kier alpha value is -1.83. The second kappa shape index (κ2) is 6.35. The molecule has 0 fully saturated rings. The quantitative estimate of drug-likeness (QED) is 0.646. The minimum atomic E-state index is 0.558. The molecule has 0 amide bonds. The Kier molecular flexibility index (Phi) is 4.43. The maximum atomic E-state index is 4.44. The van der Waals surface area contributed by atoms with Gasteiger partial charge >= 0.3 is 0 Å². The third-order valence-electron chi connectivity index (χ3n) is 3.54. The number of hydrogen-bond acceptors (Lipinski definition) is 6. The lowest BCUT2D eigenvalue weighted by Crippen LogP contribution is -2.33. The zero-order chi connectivity index (χ0) is 16.6. The van der Waals surface area contributed by atoms with Crippen LogP contribution in [0, 0.1) is 11.8 Å². The Morgan fingerprint density at radius 2 is 1.83 bits per heavy atom. The van der Waals surface area contributed by atoms with E-state index in [1.165, 1.54) is 0 Å². The Labute approximate surface area is 140 Å². The van der Waals surface area contributed by atoms with Crippen LogP contribution < -0.4 is 4.90 Å². The lowest BCUT2D eigenvalue weighted by atomic mass is 10.1. The predicted molar refractivity (Wildman–Crippen MR) is 93.2 cm³/mol. The highest BCUT2D eigenvalue weighted by molar-refractivity contribution is 7.98. The molecule has 0 N–H and O–H groups in total. The van der Waals surface area contributed by atoms with E-state index < -0.39 is 0 Å². The summed E-state index contributed by atoms with van der Waals surface area (Å²) in [6.45, 7) is 10.8. The van der Waals surface area contributed by atoms with E-state index in [9.17, 15) is 0 Å². The van der Waals surface area contributed by atoms with Crippen molar-refractivity contribution in [2.45, 2.75) is 32.9 Å². The van der Waals surface area contributed by atoms with E-state index >= 15 is 0 Å². The van der Waals surface area contributed by atoms with E-state index in [0.29, 0.717) is 11.8 Å². The first-order valence-electron chi connectivity index (χ1n) is 7.88. The molecule has 0 bridgehead atoms. The molecule has 0 aromatic carbocycles. The monoisotopic (exact) mass is 333 g/mol. The van der Waals surface area contributed by atoms with Crippen molar-refractivity contribution in [1.29, 1.82) is 0 Å². The zero-order valence-corrected chi connectivity index (χ0v) is 15.1. The van der Waals surface area contributed by atoms with Gasteiger partial charge in [-0.25, -0.2) is 4.40 Å². The van der Waals surface area contributed by atoms with E-state index in [0.717, 1.165) is 35.5 Å². The second-order valence-electron chi connectivity index (χ2n) is 6.55. The van der Waals surface area contributed by atoms with Crippen LogP contribution in [0.25, 0.3) is 11.4 Å². The molecule has 124 valence electrons. The molecule has 8 heteroatoms. The fraction of sp³-hybridized carbons (Fsp3) is 0.600. The number of anilines is 1. The number of nitrogens with zero attached hydrogens (tertiary/aromatic N) is 7. The fourth-order valence-electron chi connectivity index (χ4n) is 2.79. The molecule has 3 aromatic heterocycles. The molecule has 0 saturated heterocycles. The van der Waals surface area contributed by atoms with Crippen molar-refractivity contribution in [3.8, 4) is 0 Å². The molecule has 0 aliphatic rings. The van der Waals surface area contributed by atoms with Crippen LogP contribution in [-0.4, -0.2) is 48.5 Å². The van der Waals surface area contributed by atoms with Gasteiger partial charge in [-0.2, -0.15) is 14.6 Å². The van der Waals surface area contributed by atoms with E-state index in [-0.39, 0.29) is 0 Å². The molecular formula is C15H23N7S. The molecule has 3 aromatic rings. The Morgan fingerprint density at radius 1 is 1.13 bits per heavy atom. The maximum absolute atomic E-state index is 4.44. The van der Waals surface area contributed by atoms with Crippen molar-refractivity contribution in [2.75, 3.05) is 24.2 Å². The summed E-state index contributed by atoms with van der Waals surface area (Å²) in [5.41, 5.74) is 0.808. The van der Waals surface area contributed by atoms with Gasteiger partial charge in [-0.05, 0) is 18.1 Å². The Bertz CT molecular complexity index is 795. The van der Waals surface area contributed by atoms with Gasteiger partial charge in [0.15, 0.2) is 10.8 Å². The van der Waals surface area contributed by atoms with E-state index in [1.54, 1.807) is 18.1 Å². The van der Waals surface area contributed by atoms with Gasteiger partial charge in [-0.15, -0.1) is 10.2 Å². The third-order valence-corrected chi connectivity index (χ3v) is 4.17. The van der Waals surface area contributed by atoms with Gasteiger partial charge in [0.1, 0.15) is 12.1 Å². The molecule has 3 heterocycles. The first kappa shape index (κ1) is 16.0. The van der Waals surface area contributed by atoms with Crippen molar-refractivity contribution < 1.29 is 0 Å². The highest BCUT2D eigenvalue weighted by Crippen LogP contribution is 2.23. The normalized spacial score (nSPS) is 12.1. The Morgan fingerprint density at radius 3 is 2.43 bits per heavy atom. The molecular weight excluding hydrogens is 310 g/mol. The molecule has 0 aliphatic heterocycles. The molecule has 0 unspecified atom stereocenters. The summed E-state index contributed by atoms with van der Waals surface area (Å²) in [7, 11) is 0. The van der Waals surface area contributed by atoms with Crippen LogP contribution in [0.3, 0.4) is 0 Å². The van der Waals surface area contributed by atoms with E-state index in [4.69, 9.17) is 0 Å². The van der Waals surface area contributed by atoms with Crippen LogP contribution in [0.5, 0.6) is 0 Å². The molecule has 0 saturated carbocycles. The first-order valence-corrected chi connectivity index (χ1v) is 9.10. The predicted octanol–water partition coefficient (Wildman–Crippen LogP) is 2.61. The molecule has 0 aliphatic carbocycles. The average Bonchev–Trinajstić information content (AvgIpc) is 3.10. The number of hydrogen-bond donors (Lipinski definition) is 0. The van der Waals surface area contributed by atoms with Gasteiger partial charge in [-0.3, -0.25) is 0 Å². The van der Waals surface area contributed by atoms with E-state index in [1.807, 2.05) is 15.2 Å². The smallest absolute Gasteiger partial charge is 0.242 e. The summed E-state index contributed by atoms with van der Waals surface area (Å²) in [4.78, 5) is 6.79. The number of aromatic nitrogens is 6. The largest absolute Gasteiger partial charge is 0.356 e. The SMILES string of the molecule is CSc1nnc2cc(N(CC(C)C)CC(C)C)n3ncnc3n12. The van der Waals surface area contributed by atoms with Gasteiger partial charge in [0, 0.05) is 19.2 Å². The Balaban J connectivity index is 2.19. The zero-order valence-electron chi connectivity index (χ0n) is 14.3. The molecule has 7 nitrogen and oxygen atoms in total. The van der Waals surface area contributed by atoms with Crippen molar-refractivity contribution in [3.63, 3.8) is 0 Å². The molecule has 23 heavy (non-hydrogen) atoms. The molecule has 3 rings (SSSR count). The first-order chi connectivity index (χ1) is 11.0. The number of fused-ring (bicyclic) bond motifs is 3. The lowest BCUT2D eigenvalue weighted by molar-refractivity contribution is 0.544. The minimum absolute atomic E-state index is 0.558. The van der Waals surface area contributed by atoms with Crippen molar-refractivity contribution in [3.05, 3.63) is 12.4 Å². The van der Waals surface area contributed by atoms with Crippen molar-refractivity contribution in [2.24, 2.45) is 11.8 Å². The summed E-state index contributed by atoms with van der Waals surface area (Å²) in [6.07, 6.45) is 3.58. The number of thioether (sulfide) groups is 1. The molecule has 0 spiro atoms.